The maximum Gasteiger partial charge on any atom is 0.227 e. The van der Waals surface area contributed by atoms with E-state index >= 15 is 0 Å². The van der Waals surface area contributed by atoms with Crippen LogP contribution in [0.4, 0.5) is 10.2 Å². The van der Waals surface area contributed by atoms with Gasteiger partial charge >= 0.3 is 0 Å². The molecule has 1 amide bonds. The number of nitrogens with zero attached hydrogens (tertiary/aromatic N) is 4. The topological polar surface area (TPSA) is 62.5 Å². The van der Waals surface area contributed by atoms with Crippen LogP contribution in [0, 0.1) is 5.82 Å². The molecule has 162 valence electrons. The van der Waals surface area contributed by atoms with Gasteiger partial charge in [0.1, 0.15) is 11.6 Å². The number of rotatable bonds is 4. The van der Waals surface area contributed by atoms with E-state index in [9.17, 15) is 9.18 Å². The van der Waals surface area contributed by atoms with Crippen LogP contribution in [-0.2, 0) is 11.2 Å². The van der Waals surface area contributed by atoms with Crippen molar-refractivity contribution in [2.75, 3.05) is 31.1 Å². The standard InChI is InChI=1S/C24H20ClFN4O2/c25-17-5-8-19-20(15-17)27-23(21-2-1-13-32-21)28-24(19)30-11-9-29(10-12-30)22(31)14-16-3-6-18(26)7-4-16/h1-8,13,15H,9-12,14H2. The molecule has 1 aliphatic rings. The van der Waals surface area contributed by atoms with Crippen LogP contribution in [0.3, 0.4) is 0 Å². The lowest BCUT2D eigenvalue weighted by atomic mass is 10.1. The third-order valence-corrected chi connectivity index (χ3v) is 5.82. The van der Waals surface area contributed by atoms with Crippen LogP contribution in [0.2, 0.25) is 5.02 Å². The van der Waals surface area contributed by atoms with E-state index in [0.717, 1.165) is 22.3 Å². The van der Waals surface area contributed by atoms with Crippen molar-refractivity contribution in [1.82, 2.24) is 14.9 Å². The van der Waals surface area contributed by atoms with Crippen molar-refractivity contribution < 1.29 is 13.6 Å². The first-order chi connectivity index (χ1) is 15.6. The number of fused-ring (bicyclic) bond motifs is 1. The van der Waals surface area contributed by atoms with E-state index < -0.39 is 0 Å². The first kappa shape index (κ1) is 20.5. The molecule has 8 heteroatoms. The van der Waals surface area contributed by atoms with Gasteiger partial charge in [-0.25, -0.2) is 14.4 Å². The molecule has 0 aliphatic carbocycles. The first-order valence-electron chi connectivity index (χ1n) is 10.4. The third-order valence-electron chi connectivity index (χ3n) is 5.58. The SMILES string of the molecule is O=C(Cc1ccc(F)cc1)N1CCN(c2nc(-c3ccco3)nc3cc(Cl)ccc23)CC1. The lowest BCUT2D eigenvalue weighted by molar-refractivity contribution is -0.130. The predicted molar refractivity (Wildman–Crippen MR) is 121 cm³/mol. The largest absolute Gasteiger partial charge is 0.461 e. The van der Waals surface area contributed by atoms with E-state index in [1.54, 1.807) is 24.5 Å². The molecule has 2 aromatic carbocycles. The number of anilines is 1. The minimum absolute atomic E-state index is 0.0341. The number of hydrogen-bond donors (Lipinski definition) is 0. The Bertz CT molecular complexity index is 1250. The van der Waals surface area contributed by atoms with Crippen LogP contribution in [0.5, 0.6) is 0 Å². The molecule has 0 spiro atoms. The van der Waals surface area contributed by atoms with E-state index in [-0.39, 0.29) is 18.1 Å². The van der Waals surface area contributed by atoms with E-state index in [1.807, 2.05) is 29.2 Å². The highest BCUT2D eigenvalue weighted by Gasteiger charge is 2.24. The summed E-state index contributed by atoms with van der Waals surface area (Å²) in [5.74, 6) is 1.61. The van der Waals surface area contributed by atoms with E-state index in [1.165, 1.54) is 12.1 Å². The number of halogens is 2. The molecule has 2 aromatic heterocycles. The van der Waals surface area contributed by atoms with E-state index in [4.69, 9.17) is 21.0 Å². The van der Waals surface area contributed by atoms with Gasteiger partial charge in [0.05, 0.1) is 18.2 Å². The Morgan fingerprint density at radius 2 is 1.81 bits per heavy atom. The smallest absolute Gasteiger partial charge is 0.227 e. The fourth-order valence-corrected chi connectivity index (χ4v) is 4.07. The molecule has 6 nitrogen and oxygen atoms in total. The molecule has 0 saturated carbocycles. The molecule has 0 radical (unpaired) electrons. The highest BCUT2D eigenvalue weighted by Crippen LogP contribution is 2.30. The molecule has 4 aromatic rings. The number of carbonyl (C=O) groups excluding carboxylic acids is 1. The number of aromatic nitrogens is 2. The van der Waals surface area contributed by atoms with Crippen LogP contribution in [-0.4, -0.2) is 47.0 Å². The summed E-state index contributed by atoms with van der Waals surface area (Å²) >= 11 is 6.20. The summed E-state index contributed by atoms with van der Waals surface area (Å²) in [6.07, 6.45) is 1.85. The Balaban J connectivity index is 1.36. The van der Waals surface area contributed by atoms with Crippen molar-refractivity contribution in [2.24, 2.45) is 0 Å². The maximum absolute atomic E-state index is 13.1. The third kappa shape index (κ3) is 4.16. The van der Waals surface area contributed by atoms with Crippen molar-refractivity contribution >= 4 is 34.2 Å². The summed E-state index contributed by atoms with van der Waals surface area (Å²) in [5.41, 5.74) is 1.55. The summed E-state index contributed by atoms with van der Waals surface area (Å²) in [6.45, 7) is 2.44. The number of amides is 1. The molecule has 3 heterocycles. The van der Waals surface area contributed by atoms with Crippen molar-refractivity contribution in [2.45, 2.75) is 6.42 Å². The Labute approximate surface area is 189 Å². The van der Waals surface area contributed by atoms with Crippen molar-refractivity contribution in [3.05, 3.63) is 77.3 Å². The molecule has 0 N–H and O–H groups in total. The average Bonchev–Trinajstić information content (AvgIpc) is 3.35. The highest BCUT2D eigenvalue weighted by molar-refractivity contribution is 6.31. The second kappa shape index (κ2) is 8.59. The quantitative estimate of drug-likeness (QED) is 0.455. The van der Waals surface area contributed by atoms with Crippen LogP contribution < -0.4 is 4.90 Å². The second-order valence-electron chi connectivity index (χ2n) is 7.68. The summed E-state index contributed by atoms with van der Waals surface area (Å²) in [4.78, 5) is 26.1. The molecule has 5 rings (SSSR count). The molecule has 1 saturated heterocycles. The number of furan rings is 1. The Morgan fingerprint density at radius 1 is 1.03 bits per heavy atom. The highest BCUT2D eigenvalue weighted by atomic mass is 35.5. The van der Waals surface area contributed by atoms with Crippen LogP contribution in [0.15, 0.2) is 65.3 Å². The fourth-order valence-electron chi connectivity index (χ4n) is 3.90. The van der Waals surface area contributed by atoms with Gasteiger partial charge in [0.15, 0.2) is 11.6 Å². The summed E-state index contributed by atoms with van der Waals surface area (Å²) in [6, 6.07) is 15.2. The molecule has 0 atom stereocenters. The summed E-state index contributed by atoms with van der Waals surface area (Å²) in [7, 11) is 0. The minimum Gasteiger partial charge on any atom is -0.461 e. The van der Waals surface area contributed by atoms with Gasteiger partial charge in [0.25, 0.3) is 0 Å². The number of hydrogen-bond acceptors (Lipinski definition) is 5. The monoisotopic (exact) mass is 450 g/mol. The van der Waals surface area contributed by atoms with Gasteiger partial charge in [-0.1, -0.05) is 23.7 Å². The molecule has 0 bridgehead atoms. The molecule has 1 aliphatic heterocycles. The van der Waals surface area contributed by atoms with Gasteiger partial charge in [-0.05, 0) is 48.0 Å². The normalized spacial score (nSPS) is 14.2. The van der Waals surface area contributed by atoms with Crippen molar-refractivity contribution in [1.29, 1.82) is 0 Å². The molecule has 32 heavy (non-hydrogen) atoms. The van der Waals surface area contributed by atoms with Crippen molar-refractivity contribution in [3.63, 3.8) is 0 Å². The molecular weight excluding hydrogens is 431 g/mol. The van der Waals surface area contributed by atoms with Gasteiger partial charge in [0, 0.05) is 36.6 Å². The average molecular weight is 451 g/mol. The van der Waals surface area contributed by atoms with Gasteiger partial charge in [-0.3, -0.25) is 4.79 Å². The van der Waals surface area contributed by atoms with Crippen LogP contribution in [0.1, 0.15) is 5.56 Å². The minimum atomic E-state index is -0.304. The summed E-state index contributed by atoms with van der Waals surface area (Å²) in [5, 5.41) is 1.50. The van der Waals surface area contributed by atoms with E-state index in [2.05, 4.69) is 9.88 Å². The van der Waals surface area contributed by atoms with Gasteiger partial charge in [0.2, 0.25) is 5.91 Å². The van der Waals surface area contributed by atoms with Crippen LogP contribution in [0.25, 0.3) is 22.5 Å². The zero-order valence-electron chi connectivity index (χ0n) is 17.2. The summed E-state index contributed by atoms with van der Waals surface area (Å²) < 4.78 is 18.6. The molecular formula is C24H20ClFN4O2. The van der Waals surface area contributed by atoms with Gasteiger partial charge in [-0.15, -0.1) is 0 Å². The number of benzene rings is 2. The number of piperazine rings is 1. The van der Waals surface area contributed by atoms with Gasteiger partial charge < -0.3 is 14.2 Å². The molecule has 1 fully saturated rings. The maximum atomic E-state index is 13.1. The zero-order chi connectivity index (χ0) is 22.1. The number of carbonyl (C=O) groups is 1. The zero-order valence-corrected chi connectivity index (χ0v) is 17.9. The lowest BCUT2D eigenvalue weighted by Gasteiger charge is -2.36. The van der Waals surface area contributed by atoms with E-state index in [0.29, 0.717) is 42.8 Å². The van der Waals surface area contributed by atoms with Gasteiger partial charge in [-0.2, -0.15) is 0 Å². The fraction of sp³-hybridized carbons (Fsp3) is 0.208. The van der Waals surface area contributed by atoms with Crippen molar-refractivity contribution in [3.8, 4) is 11.6 Å². The Hall–Kier alpha value is -3.45. The second-order valence-corrected chi connectivity index (χ2v) is 8.12. The lowest BCUT2D eigenvalue weighted by Crippen LogP contribution is -2.49. The molecule has 0 unspecified atom stereocenters. The van der Waals surface area contributed by atoms with Crippen LogP contribution >= 0.6 is 11.6 Å². The Morgan fingerprint density at radius 3 is 2.53 bits per heavy atom. The predicted octanol–water partition coefficient (Wildman–Crippen LogP) is 4.57. The first-order valence-corrected chi connectivity index (χ1v) is 10.7. The Kier molecular flexibility index (Phi) is 5.49.